The zero-order valence-electron chi connectivity index (χ0n) is 11.6. The lowest BCUT2D eigenvalue weighted by molar-refractivity contribution is -0.147. The molecule has 1 rings (SSSR count). The number of ether oxygens (including phenoxy) is 1. The number of esters is 1. The highest BCUT2D eigenvalue weighted by atomic mass is 16.5. The van der Waals surface area contributed by atoms with Crippen LogP contribution in [-0.4, -0.2) is 35.7 Å². The van der Waals surface area contributed by atoms with Crippen molar-refractivity contribution in [2.75, 3.05) is 6.61 Å². The minimum Gasteiger partial charge on any atom is -0.508 e. The van der Waals surface area contributed by atoms with Crippen LogP contribution in [0.3, 0.4) is 0 Å². The van der Waals surface area contributed by atoms with Crippen molar-refractivity contribution in [1.29, 1.82) is 0 Å². The van der Waals surface area contributed by atoms with Crippen molar-refractivity contribution >= 4 is 11.9 Å². The number of carbonyl (C=O) groups excluding carboxylic acids is 2. The Kier molecular flexibility index (Phi) is 5.99. The molecule has 6 heteroatoms. The standard InChI is InChI=1S/C14H20N2O4/c1-3-20-14(19)9(2)16-13(18)12(15)8-10-4-6-11(17)7-5-10/h4-7,9,12,17H,3,8,15H2,1-2H3,(H,16,18)/t9?,12-/m0/s1. The van der Waals surface area contributed by atoms with Gasteiger partial charge in [0, 0.05) is 0 Å². The lowest BCUT2D eigenvalue weighted by Gasteiger charge is -2.16. The summed E-state index contributed by atoms with van der Waals surface area (Å²) in [5.74, 6) is -0.751. The van der Waals surface area contributed by atoms with E-state index in [9.17, 15) is 9.59 Å². The van der Waals surface area contributed by atoms with Crippen LogP contribution >= 0.6 is 0 Å². The Labute approximate surface area is 117 Å². The minimum absolute atomic E-state index is 0.155. The van der Waals surface area contributed by atoms with E-state index in [1.807, 2.05) is 0 Å². The van der Waals surface area contributed by atoms with E-state index in [2.05, 4.69) is 5.32 Å². The lowest BCUT2D eigenvalue weighted by atomic mass is 10.1. The highest BCUT2D eigenvalue weighted by Gasteiger charge is 2.20. The third-order valence-electron chi connectivity index (χ3n) is 2.73. The lowest BCUT2D eigenvalue weighted by Crippen LogP contribution is -2.48. The summed E-state index contributed by atoms with van der Waals surface area (Å²) >= 11 is 0. The zero-order valence-corrected chi connectivity index (χ0v) is 11.6. The molecule has 0 heterocycles. The van der Waals surface area contributed by atoms with Crippen molar-refractivity contribution in [1.82, 2.24) is 5.32 Å². The molecule has 0 aromatic heterocycles. The van der Waals surface area contributed by atoms with Crippen LogP contribution in [0.15, 0.2) is 24.3 Å². The van der Waals surface area contributed by atoms with E-state index in [1.54, 1.807) is 26.0 Å². The second-order valence-corrected chi connectivity index (χ2v) is 4.46. The predicted molar refractivity (Wildman–Crippen MR) is 74.0 cm³/mol. The quantitative estimate of drug-likeness (QED) is 0.652. The van der Waals surface area contributed by atoms with Gasteiger partial charge < -0.3 is 20.9 Å². The van der Waals surface area contributed by atoms with Gasteiger partial charge in [-0.1, -0.05) is 12.1 Å². The van der Waals surface area contributed by atoms with Crippen molar-refractivity contribution in [2.45, 2.75) is 32.4 Å². The van der Waals surface area contributed by atoms with Gasteiger partial charge in [0.05, 0.1) is 12.6 Å². The first kappa shape index (κ1) is 16.0. The van der Waals surface area contributed by atoms with E-state index >= 15 is 0 Å². The van der Waals surface area contributed by atoms with Gasteiger partial charge in [0.25, 0.3) is 0 Å². The number of amides is 1. The predicted octanol–water partition coefficient (Wildman–Crippen LogP) is 0.330. The van der Waals surface area contributed by atoms with Crippen molar-refractivity contribution in [3.8, 4) is 5.75 Å². The molecule has 6 nitrogen and oxygen atoms in total. The van der Waals surface area contributed by atoms with Crippen LogP contribution in [0.2, 0.25) is 0 Å². The Hall–Kier alpha value is -2.08. The summed E-state index contributed by atoms with van der Waals surface area (Å²) in [4.78, 5) is 23.2. The first-order chi connectivity index (χ1) is 9.43. The van der Waals surface area contributed by atoms with Crippen molar-refractivity contribution in [2.24, 2.45) is 5.73 Å². The van der Waals surface area contributed by atoms with Gasteiger partial charge in [-0.15, -0.1) is 0 Å². The first-order valence-electron chi connectivity index (χ1n) is 6.44. The van der Waals surface area contributed by atoms with Crippen LogP contribution in [0.4, 0.5) is 0 Å². The molecule has 4 N–H and O–H groups in total. The molecular formula is C14H20N2O4. The van der Waals surface area contributed by atoms with Gasteiger partial charge in [-0.3, -0.25) is 4.79 Å². The largest absolute Gasteiger partial charge is 0.508 e. The summed E-state index contributed by atoms with van der Waals surface area (Å²) in [5.41, 5.74) is 6.61. The van der Waals surface area contributed by atoms with Gasteiger partial charge >= 0.3 is 5.97 Å². The fourth-order valence-electron chi connectivity index (χ4n) is 1.63. The van der Waals surface area contributed by atoms with Crippen LogP contribution in [0, 0.1) is 0 Å². The molecule has 2 atom stereocenters. The SMILES string of the molecule is CCOC(=O)C(C)NC(=O)[C@@H](N)Cc1ccc(O)cc1. The average molecular weight is 280 g/mol. The van der Waals surface area contributed by atoms with Gasteiger partial charge in [-0.25, -0.2) is 4.79 Å². The Morgan fingerprint density at radius 1 is 1.35 bits per heavy atom. The molecule has 0 fully saturated rings. The minimum atomic E-state index is -0.767. The van der Waals surface area contributed by atoms with Gasteiger partial charge in [0.15, 0.2) is 0 Å². The average Bonchev–Trinajstić information content (AvgIpc) is 2.41. The van der Waals surface area contributed by atoms with Crippen LogP contribution in [0.5, 0.6) is 5.75 Å². The molecule has 1 amide bonds. The molecule has 0 aliphatic rings. The Morgan fingerprint density at radius 3 is 2.50 bits per heavy atom. The summed E-state index contributed by atoms with van der Waals surface area (Å²) in [6, 6.07) is 4.95. The maximum Gasteiger partial charge on any atom is 0.328 e. The topological polar surface area (TPSA) is 102 Å². The summed E-state index contributed by atoms with van der Waals surface area (Å²) in [5, 5.41) is 11.7. The summed E-state index contributed by atoms with van der Waals surface area (Å²) in [7, 11) is 0. The fraction of sp³-hybridized carbons (Fsp3) is 0.429. The van der Waals surface area contributed by atoms with E-state index < -0.39 is 24.0 Å². The van der Waals surface area contributed by atoms with Crippen molar-refractivity contribution in [3.63, 3.8) is 0 Å². The highest BCUT2D eigenvalue weighted by molar-refractivity contribution is 5.87. The number of nitrogens with two attached hydrogens (primary N) is 1. The number of carbonyl (C=O) groups is 2. The Balaban J connectivity index is 2.50. The van der Waals surface area contributed by atoms with Crippen LogP contribution in [0.1, 0.15) is 19.4 Å². The van der Waals surface area contributed by atoms with E-state index in [-0.39, 0.29) is 12.4 Å². The van der Waals surface area contributed by atoms with Gasteiger partial charge in [0.1, 0.15) is 11.8 Å². The maximum absolute atomic E-state index is 11.8. The molecular weight excluding hydrogens is 260 g/mol. The molecule has 0 aliphatic carbocycles. The van der Waals surface area contributed by atoms with Crippen molar-refractivity contribution in [3.05, 3.63) is 29.8 Å². The fourth-order valence-corrected chi connectivity index (χ4v) is 1.63. The molecule has 0 radical (unpaired) electrons. The van der Waals surface area contributed by atoms with Crippen LogP contribution < -0.4 is 11.1 Å². The number of rotatable bonds is 6. The molecule has 0 saturated carbocycles. The molecule has 110 valence electrons. The number of aromatic hydroxyl groups is 1. The summed E-state index contributed by atoms with van der Waals surface area (Å²) in [6.07, 6.45) is 0.321. The monoisotopic (exact) mass is 280 g/mol. The van der Waals surface area contributed by atoms with Gasteiger partial charge in [-0.2, -0.15) is 0 Å². The van der Waals surface area contributed by atoms with Crippen LogP contribution in [-0.2, 0) is 20.7 Å². The van der Waals surface area contributed by atoms with Gasteiger partial charge in [-0.05, 0) is 38.0 Å². The first-order valence-corrected chi connectivity index (χ1v) is 6.44. The Morgan fingerprint density at radius 2 is 1.95 bits per heavy atom. The van der Waals surface area contributed by atoms with Crippen LogP contribution in [0.25, 0.3) is 0 Å². The number of phenolic OH excluding ortho intramolecular Hbond substituents is 1. The molecule has 0 saturated heterocycles. The second-order valence-electron chi connectivity index (χ2n) is 4.46. The van der Waals surface area contributed by atoms with E-state index in [1.165, 1.54) is 12.1 Å². The Bertz CT molecular complexity index is 459. The number of nitrogens with one attached hydrogen (secondary N) is 1. The van der Waals surface area contributed by atoms with E-state index in [4.69, 9.17) is 15.6 Å². The normalized spacial score (nSPS) is 13.3. The smallest absolute Gasteiger partial charge is 0.328 e. The molecule has 0 bridgehead atoms. The second kappa shape index (κ2) is 7.49. The van der Waals surface area contributed by atoms with Gasteiger partial charge in [0.2, 0.25) is 5.91 Å². The maximum atomic E-state index is 11.8. The number of phenols is 1. The van der Waals surface area contributed by atoms with E-state index in [0.29, 0.717) is 6.42 Å². The summed E-state index contributed by atoms with van der Waals surface area (Å²) in [6.45, 7) is 3.50. The number of hydrogen-bond donors (Lipinski definition) is 3. The zero-order chi connectivity index (χ0) is 15.1. The molecule has 1 aromatic carbocycles. The molecule has 1 aromatic rings. The third kappa shape index (κ3) is 4.89. The number of hydrogen-bond acceptors (Lipinski definition) is 5. The highest BCUT2D eigenvalue weighted by Crippen LogP contribution is 2.10. The number of benzene rings is 1. The molecule has 1 unspecified atom stereocenters. The molecule has 0 spiro atoms. The molecule has 0 aliphatic heterocycles. The third-order valence-corrected chi connectivity index (χ3v) is 2.73. The summed E-state index contributed by atoms with van der Waals surface area (Å²) < 4.78 is 4.79. The van der Waals surface area contributed by atoms with Crippen molar-refractivity contribution < 1.29 is 19.4 Å². The molecule has 20 heavy (non-hydrogen) atoms. The van der Waals surface area contributed by atoms with E-state index in [0.717, 1.165) is 5.56 Å².